The van der Waals surface area contributed by atoms with Gasteiger partial charge in [-0.2, -0.15) is 0 Å². The van der Waals surface area contributed by atoms with Crippen molar-refractivity contribution in [3.8, 4) is 0 Å². The highest BCUT2D eigenvalue weighted by atomic mass is 16.7. The molecule has 1 aliphatic heterocycles. The Hall–Kier alpha value is -1.48. The molecule has 0 unspecified atom stereocenters. The summed E-state index contributed by atoms with van der Waals surface area (Å²) in [5.74, 6) is -1.88. The van der Waals surface area contributed by atoms with Gasteiger partial charge in [-0.05, 0) is 12.8 Å². The Morgan fingerprint density at radius 2 is 1.72 bits per heavy atom. The predicted octanol–water partition coefficient (Wildman–Crippen LogP) is 0.283. The summed E-state index contributed by atoms with van der Waals surface area (Å²) in [4.78, 5) is 24.2. The normalized spacial score (nSPS) is 29.3. The molecule has 1 aliphatic rings. The maximum absolute atomic E-state index is 12.3. The van der Waals surface area contributed by atoms with E-state index in [0.717, 1.165) is 12.8 Å². The fourth-order valence-electron chi connectivity index (χ4n) is 2.65. The van der Waals surface area contributed by atoms with Crippen molar-refractivity contribution in [1.29, 1.82) is 0 Å². The molecule has 0 aliphatic carbocycles. The number of ether oxygens (including phenoxy) is 3. The molecule has 0 aromatic carbocycles. The molecule has 3 N–H and O–H groups in total. The molecule has 0 amide bonds. The molecule has 144 valence electrons. The van der Waals surface area contributed by atoms with E-state index >= 15 is 0 Å². The van der Waals surface area contributed by atoms with Crippen molar-refractivity contribution in [1.82, 2.24) is 0 Å². The average molecular weight is 360 g/mol. The van der Waals surface area contributed by atoms with Gasteiger partial charge in [0.05, 0.1) is 5.92 Å². The topological polar surface area (TPSA) is 123 Å². The predicted molar refractivity (Wildman–Crippen MR) is 87.2 cm³/mol. The summed E-state index contributed by atoms with van der Waals surface area (Å²) in [5.41, 5.74) is 0. The lowest BCUT2D eigenvalue weighted by Gasteiger charge is -2.38. The van der Waals surface area contributed by atoms with Crippen molar-refractivity contribution in [2.45, 2.75) is 70.2 Å². The van der Waals surface area contributed by atoms with Gasteiger partial charge in [-0.25, -0.2) is 4.79 Å². The Morgan fingerprint density at radius 3 is 2.24 bits per heavy atom. The number of aliphatic hydroxyl groups excluding tert-OH is 3. The lowest BCUT2D eigenvalue weighted by molar-refractivity contribution is -0.288. The van der Waals surface area contributed by atoms with E-state index in [2.05, 4.69) is 6.58 Å². The van der Waals surface area contributed by atoms with E-state index < -0.39 is 42.6 Å². The van der Waals surface area contributed by atoms with Crippen molar-refractivity contribution in [2.24, 2.45) is 5.92 Å². The fourth-order valence-corrected chi connectivity index (χ4v) is 2.65. The number of carbonyl (C=O) groups is 2. The van der Waals surface area contributed by atoms with Gasteiger partial charge in [-0.15, -0.1) is 0 Å². The first kappa shape index (κ1) is 21.6. The van der Waals surface area contributed by atoms with Gasteiger partial charge in [0.1, 0.15) is 24.9 Å². The Morgan fingerprint density at radius 1 is 1.12 bits per heavy atom. The molecular weight excluding hydrogens is 332 g/mol. The second kappa shape index (κ2) is 10.5. The van der Waals surface area contributed by atoms with E-state index in [1.807, 2.05) is 13.8 Å². The van der Waals surface area contributed by atoms with Crippen LogP contribution in [0.25, 0.3) is 0 Å². The van der Waals surface area contributed by atoms with E-state index in [1.54, 1.807) is 0 Å². The highest BCUT2D eigenvalue weighted by molar-refractivity contribution is 5.76. The quantitative estimate of drug-likeness (QED) is 0.396. The molecule has 25 heavy (non-hydrogen) atoms. The minimum absolute atomic E-state index is 0.108. The largest absolute Gasteiger partial charge is 0.459 e. The highest BCUT2D eigenvalue weighted by Crippen LogP contribution is 2.25. The minimum Gasteiger partial charge on any atom is -0.459 e. The molecule has 5 atom stereocenters. The van der Waals surface area contributed by atoms with Crippen LogP contribution < -0.4 is 0 Å². The minimum atomic E-state index is -1.72. The number of hydrogen-bond acceptors (Lipinski definition) is 8. The molecule has 1 heterocycles. The average Bonchev–Trinajstić information content (AvgIpc) is 2.59. The third kappa shape index (κ3) is 5.78. The molecule has 1 rings (SSSR count). The van der Waals surface area contributed by atoms with Crippen LogP contribution in [0.5, 0.6) is 0 Å². The Kier molecular flexibility index (Phi) is 9.05. The molecule has 0 saturated carbocycles. The van der Waals surface area contributed by atoms with Crippen LogP contribution in [0.1, 0.15) is 39.5 Å². The van der Waals surface area contributed by atoms with Gasteiger partial charge in [-0.3, -0.25) is 4.79 Å². The third-order valence-electron chi connectivity index (χ3n) is 3.99. The standard InChI is InChI=1S/C17H28O8/c1-4-7-10(8-5-2)15(21)25-17-13(20)11(18)12(19)14(24-17)16(22)23-9-6-3/h6,10-14,17-20H,3-5,7-9H2,1-2H3/t11-,12-,13-,14-,17-/m0/s1. The van der Waals surface area contributed by atoms with E-state index in [4.69, 9.17) is 14.2 Å². The smallest absolute Gasteiger partial charge is 0.338 e. The van der Waals surface area contributed by atoms with E-state index in [-0.39, 0.29) is 12.5 Å². The summed E-state index contributed by atoms with van der Waals surface area (Å²) in [6.07, 6.45) is -4.11. The molecule has 1 fully saturated rings. The van der Waals surface area contributed by atoms with Gasteiger partial charge in [0, 0.05) is 0 Å². The molecule has 0 aromatic rings. The van der Waals surface area contributed by atoms with Crippen molar-refractivity contribution in [3.05, 3.63) is 12.7 Å². The summed E-state index contributed by atoms with van der Waals surface area (Å²) in [5, 5.41) is 29.8. The molecule has 0 radical (unpaired) electrons. The SMILES string of the molecule is C=CCOC(=O)[C@H]1O[C@@H](OC(=O)C(CCC)CCC)[C@@H](O)[C@@H](O)[C@@H]1O. The van der Waals surface area contributed by atoms with E-state index in [9.17, 15) is 24.9 Å². The Bertz CT molecular complexity index is 446. The van der Waals surface area contributed by atoms with Gasteiger partial charge in [0.2, 0.25) is 6.29 Å². The van der Waals surface area contributed by atoms with Crippen molar-refractivity contribution in [3.63, 3.8) is 0 Å². The van der Waals surface area contributed by atoms with Gasteiger partial charge < -0.3 is 29.5 Å². The van der Waals surface area contributed by atoms with Crippen molar-refractivity contribution < 1.29 is 39.1 Å². The summed E-state index contributed by atoms with van der Waals surface area (Å²) >= 11 is 0. The van der Waals surface area contributed by atoms with Crippen LogP contribution >= 0.6 is 0 Å². The monoisotopic (exact) mass is 360 g/mol. The second-order valence-electron chi connectivity index (χ2n) is 6.03. The lowest BCUT2D eigenvalue weighted by Crippen LogP contribution is -2.61. The highest BCUT2D eigenvalue weighted by Gasteiger charge is 2.49. The van der Waals surface area contributed by atoms with Gasteiger partial charge >= 0.3 is 11.9 Å². The molecule has 1 saturated heterocycles. The molecule has 0 bridgehead atoms. The lowest BCUT2D eigenvalue weighted by atomic mass is 9.97. The molecule has 0 spiro atoms. The van der Waals surface area contributed by atoms with Crippen molar-refractivity contribution >= 4 is 11.9 Å². The second-order valence-corrected chi connectivity index (χ2v) is 6.03. The van der Waals surface area contributed by atoms with Crippen LogP contribution in [-0.4, -0.2) is 64.6 Å². The maximum Gasteiger partial charge on any atom is 0.338 e. The Balaban J connectivity index is 2.81. The van der Waals surface area contributed by atoms with Crippen LogP contribution in [0, 0.1) is 5.92 Å². The summed E-state index contributed by atoms with van der Waals surface area (Å²) < 4.78 is 15.2. The van der Waals surface area contributed by atoms with Crippen LogP contribution in [0.4, 0.5) is 0 Å². The molecular formula is C17H28O8. The molecule has 8 heteroatoms. The van der Waals surface area contributed by atoms with E-state index in [1.165, 1.54) is 6.08 Å². The molecule has 8 nitrogen and oxygen atoms in total. The van der Waals surface area contributed by atoms with E-state index in [0.29, 0.717) is 12.8 Å². The third-order valence-corrected chi connectivity index (χ3v) is 3.99. The zero-order valence-corrected chi connectivity index (χ0v) is 14.7. The number of rotatable bonds is 9. The first-order valence-electron chi connectivity index (χ1n) is 8.54. The van der Waals surface area contributed by atoms with Crippen LogP contribution in [0.15, 0.2) is 12.7 Å². The van der Waals surface area contributed by atoms with Gasteiger partial charge in [0.15, 0.2) is 6.10 Å². The maximum atomic E-state index is 12.3. The van der Waals surface area contributed by atoms with Crippen LogP contribution in [0.2, 0.25) is 0 Å². The van der Waals surface area contributed by atoms with Gasteiger partial charge in [-0.1, -0.05) is 39.3 Å². The number of hydrogen-bond donors (Lipinski definition) is 3. The van der Waals surface area contributed by atoms with Crippen molar-refractivity contribution in [2.75, 3.05) is 6.61 Å². The summed E-state index contributed by atoms with van der Waals surface area (Å²) in [6.45, 7) is 7.16. The number of carbonyl (C=O) groups excluding carboxylic acids is 2. The first-order valence-corrected chi connectivity index (χ1v) is 8.54. The zero-order valence-electron chi connectivity index (χ0n) is 14.7. The molecule has 0 aromatic heterocycles. The van der Waals surface area contributed by atoms with Crippen LogP contribution in [-0.2, 0) is 23.8 Å². The van der Waals surface area contributed by atoms with Gasteiger partial charge in [0.25, 0.3) is 0 Å². The summed E-state index contributed by atoms with van der Waals surface area (Å²) in [6, 6.07) is 0. The van der Waals surface area contributed by atoms with Crippen LogP contribution in [0.3, 0.4) is 0 Å². The fraction of sp³-hybridized carbons (Fsp3) is 0.765. The zero-order chi connectivity index (χ0) is 19.0. The summed E-state index contributed by atoms with van der Waals surface area (Å²) in [7, 11) is 0. The first-order chi connectivity index (χ1) is 11.9. The number of esters is 2. The Labute approximate surface area is 147 Å². The number of aliphatic hydroxyl groups is 3.